The predicted molar refractivity (Wildman–Crippen MR) is 110 cm³/mol. The van der Waals surface area contributed by atoms with Gasteiger partial charge < -0.3 is 10.1 Å². The lowest BCUT2D eigenvalue weighted by molar-refractivity contribution is -0.148. The number of rotatable bonds is 6. The van der Waals surface area contributed by atoms with Crippen molar-refractivity contribution in [2.45, 2.75) is 43.8 Å². The molecule has 8 nitrogen and oxygen atoms in total. The summed E-state index contributed by atoms with van der Waals surface area (Å²) >= 11 is 0. The molecule has 0 bridgehead atoms. The van der Waals surface area contributed by atoms with Crippen molar-refractivity contribution in [1.82, 2.24) is 15.0 Å². The molecule has 0 saturated heterocycles. The van der Waals surface area contributed by atoms with Crippen LogP contribution in [0.1, 0.15) is 32.9 Å². The van der Waals surface area contributed by atoms with Crippen LogP contribution in [0, 0.1) is 0 Å². The molecule has 9 heteroatoms. The average molecular weight is 417 g/mol. The molecule has 1 atom stereocenters. The van der Waals surface area contributed by atoms with Crippen LogP contribution in [-0.2, 0) is 24.8 Å². The Kier molecular flexibility index (Phi) is 5.70. The van der Waals surface area contributed by atoms with Gasteiger partial charge in [-0.1, -0.05) is 24.3 Å². The van der Waals surface area contributed by atoms with Crippen molar-refractivity contribution in [3.63, 3.8) is 0 Å². The van der Waals surface area contributed by atoms with Crippen molar-refractivity contribution >= 4 is 32.5 Å². The average Bonchev–Trinajstić information content (AvgIpc) is 2.67. The highest BCUT2D eigenvalue weighted by Gasteiger charge is 2.41. The number of pyridine rings is 1. The third-order valence-corrected chi connectivity index (χ3v) is 5.33. The Bertz CT molecular complexity index is 1110. The Hall–Kier alpha value is -2.81. The summed E-state index contributed by atoms with van der Waals surface area (Å²) in [6.07, 6.45) is 10.2. The van der Waals surface area contributed by atoms with Crippen molar-refractivity contribution in [3.05, 3.63) is 42.3 Å². The highest BCUT2D eigenvalue weighted by Crippen LogP contribution is 2.36. The molecule has 29 heavy (non-hydrogen) atoms. The number of ether oxygens (including phenoxy) is 1. The molecule has 0 saturated carbocycles. The third kappa shape index (κ3) is 4.14. The molecule has 1 aliphatic carbocycles. The zero-order chi connectivity index (χ0) is 21.2. The van der Waals surface area contributed by atoms with E-state index in [9.17, 15) is 13.2 Å². The standard InChI is InChI=1S/C20H24N4O4S/c1-5-28-18(25)20(9-7-6-8-10-20)15-11-14-12-21-19(29(4,26)27)24-16(14)17(23-15)22-13(2)3/h6-9,11-13H,5,10H2,1-4H3,(H,22,23)/t20-/m0/s1. The summed E-state index contributed by atoms with van der Waals surface area (Å²) < 4.78 is 29.1. The number of aromatic nitrogens is 3. The Labute approximate surface area is 170 Å². The van der Waals surface area contributed by atoms with E-state index in [-0.39, 0.29) is 17.8 Å². The van der Waals surface area contributed by atoms with Gasteiger partial charge in [-0.05, 0) is 33.3 Å². The summed E-state index contributed by atoms with van der Waals surface area (Å²) in [5.41, 5.74) is -0.197. The Morgan fingerprint density at radius 1 is 1.31 bits per heavy atom. The first-order valence-electron chi connectivity index (χ1n) is 9.34. The molecule has 0 aromatic carbocycles. The van der Waals surface area contributed by atoms with Gasteiger partial charge in [-0.2, -0.15) is 0 Å². The van der Waals surface area contributed by atoms with Crippen LogP contribution in [-0.4, -0.2) is 48.2 Å². The first kappa shape index (κ1) is 20.9. The summed E-state index contributed by atoms with van der Waals surface area (Å²) in [7, 11) is -3.58. The Morgan fingerprint density at radius 2 is 2.07 bits per heavy atom. The molecule has 2 aromatic heterocycles. The zero-order valence-corrected chi connectivity index (χ0v) is 17.7. The molecule has 0 fully saturated rings. The summed E-state index contributed by atoms with van der Waals surface area (Å²) in [4.78, 5) is 25.8. The fourth-order valence-electron chi connectivity index (χ4n) is 3.13. The molecule has 154 valence electrons. The normalized spacial score (nSPS) is 18.9. The van der Waals surface area contributed by atoms with Crippen LogP contribution < -0.4 is 5.32 Å². The smallest absolute Gasteiger partial charge is 0.322 e. The number of allylic oxidation sites excluding steroid dienone is 3. The number of anilines is 1. The molecule has 1 N–H and O–H groups in total. The van der Waals surface area contributed by atoms with Crippen molar-refractivity contribution < 1.29 is 17.9 Å². The van der Waals surface area contributed by atoms with Gasteiger partial charge in [-0.15, -0.1) is 0 Å². The van der Waals surface area contributed by atoms with Gasteiger partial charge >= 0.3 is 5.97 Å². The maximum Gasteiger partial charge on any atom is 0.322 e. The number of fused-ring (bicyclic) bond motifs is 1. The zero-order valence-electron chi connectivity index (χ0n) is 16.8. The lowest BCUT2D eigenvalue weighted by atomic mass is 9.78. The number of nitrogens with zero attached hydrogens (tertiary/aromatic N) is 3. The maximum atomic E-state index is 12.9. The van der Waals surface area contributed by atoms with Crippen molar-refractivity contribution in [2.75, 3.05) is 18.2 Å². The van der Waals surface area contributed by atoms with E-state index in [1.807, 2.05) is 26.0 Å². The van der Waals surface area contributed by atoms with Gasteiger partial charge in [0.1, 0.15) is 10.9 Å². The summed E-state index contributed by atoms with van der Waals surface area (Å²) in [6, 6.07) is 1.73. The molecule has 1 aliphatic rings. The molecular formula is C20H24N4O4S. The number of nitrogens with one attached hydrogen (secondary N) is 1. The first-order chi connectivity index (χ1) is 13.7. The minimum atomic E-state index is -3.58. The van der Waals surface area contributed by atoms with E-state index < -0.39 is 21.2 Å². The first-order valence-corrected chi connectivity index (χ1v) is 11.2. The number of hydrogen-bond acceptors (Lipinski definition) is 8. The van der Waals surface area contributed by atoms with Crippen LogP contribution in [0.2, 0.25) is 0 Å². The molecule has 0 unspecified atom stereocenters. The van der Waals surface area contributed by atoms with Crippen LogP contribution in [0.3, 0.4) is 0 Å². The van der Waals surface area contributed by atoms with Gasteiger partial charge in [0.25, 0.3) is 0 Å². The van der Waals surface area contributed by atoms with Crippen molar-refractivity contribution in [3.8, 4) is 0 Å². The SMILES string of the molecule is CCOC(=O)[C@@]1(c2cc3cnc(S(C)(=O)=O)nc3c(NC(C)C)n2)C=CC=CC1. The molecule has 0 amide bonds. The predicted octanol–water partition coefficient (Wildman–Crippen LogP) is 2.57. The fraction of sp³-hybridized carbons (Fsp3) is 0.400. The van der Waals surface area contributed by atoms with E-state index in [1.165, 1.54) is 6.20 Å². The van der Waals surface area contributed by atoms with Crippen LogP contribution in [0.25, 0.3) is 10.9 Å². The minimum absolute atomic E-state index is 0.0120. The van der Waals surface area contributed by atoms with Gasteiger partial charge in [-0.3, -0.25) is 4.79 Å². The van der Waals surface area contributed by atoms with Gasteiger partial charge in [0.05, 0.1) is 12.3 Å². The topological polar surface area (TPSA) is 111 Å². The molecule has 3 rings (SSSR count). The second-order valence-corrected chi connectivity index (χ2v) is 9.11. The van der Waals surface area contributed by atoms with Crippen LogP contribution in [0.15, 0.2) is 41.7 Å². The molecular weight excluding hydrogens is 392 g/mol. The Morgan fingerprint density at radius 3 is 2.66 bits per heavy atom. The number of esters is 1. The fourth-order valence-corrected chi connectivity index (χ4v) is 3.63. The summed E-state index contributed by atoms with van der Waals surface area (Å²) in [5, 5.41) is 3.51. The second kappa shape index (κ2) is 7.90. The monoisotopic (exact) mass is 416 g/mol. The number of carbonyl (C=O) groups is 1. The van der Waals surface area contributed by atoms with E-state index in [0.717, 1.165) is 6.26 Å². The lowest BCUT2D eigenvalue weighted by Crippen LogP contribution is -2.37. The van der Waals surface area contributed by atoms with E-state index in [2.05, 4.69) is 20.3 Å². The lowest BCUT2D eigenvalue weighted by Gasteiger charge is -2.29. The van der Waals surface area contributed by atoms with Crippen molar-refractivity contribution in [1.29, 1.82) is 0 Å². The molecule has 0 aliphatic heterocycles. The van der Waals surface area contributed by atoms with Gasteiger partial charge in [0.15, 0.2) is 5.82 Å². The van der Waals surface area contributed by atoms with E-state index >= 15 is 0 Å². The van der Waals surface area contributed by atoms with Gasteiger partial charge in [0, 0.05) is 23.9 Å². The number of carbonyl (C=O) groups excluding carboxylic acids is 1. The second-order valence-electron chi connectivity index (χ2n) is 7.20. The van der Waals surface area contributed by atoms with Crippen LogP contribution in [0.5, 0.6) is 0 Å². The van der Waals surface area contributed by atoms with E-state index in [1.54, 1.807) is 25.1 Å². The molecule has 2 heterocycles. The largest absolute Gasteiger partial charge is 0.465 e. The van der Waals surface area contributed by atoms with Crippen molar-refractivity contribution in [2.24, 2.45) is 0 Å². The molecule has 0 radical (unpaired) electrons. The third-order valence-electron chi connectivity index (χ3n) is 4.47. The number of sulfone groups is 1. The molecule has 2 aromatic rings. The Balaban J connectivity index is 2.26. The summed E-state index contributed by atoms with van der Waals surface area (Å²) in [6.45, 7) is 5.88. The van der Waals surface area contributed by atoms with E-state index in [0.29, 0.717) is 28.8 Å². The minimum Gasteiger partial charge on any atom is -0.465 e. The van der Waals surface area contributed by atoms with Crippen LogP contribution in [0.4, 0.5) is 5.82 Å². The van der Waals surface area contributed by atoms with E-state index in [4.69, 9.17) is 4.74 Å². The maximum absolute atomic E-state index is 12.9. The highest BCUT2D eigenvalue weighted by molar-refractivity contribution is 7.90. The number of hydrogen-bond donors (Lipinski definition) is 1. The summed E-state index contributed by atoms with van der Waals surface area (Å²) in [5.74, 6) is 0.00282. The van der Waals surface area contributed by atoms with Gasteiger partial charge in [0.2, 0.25) is 15.0 Å². The van der Waals surface area contributed by atoms with Crippen LogP contribution >= 0.6 is 0 Å². The quantitative estimate of drug-likeness (QED) is 0.565. The highest BCUT2D eigenvalue weighted by atomic mass is 32.2. The molecule has 0 spiro atoms. The van der Waals surface area contributed by atoms with Gasteiger partial charge in [-0.25, -0.2) is 23.4 Å².